The largest absolute Gasteiger partial charge is 0.381 e. The number of dihydropyridines is 1. The van der Waals surface area contributed by atoms with Crippen molar-refractivity contribution in [2.75, 3.05) is 26.3 Å². The van der Waals surface area contributed by atoms with E-state index < -0.39 is 11.6 Å². The van der Waals surface area contributed by atoms with Crippen molar-refractivity contribution in [2.24, 2.45) is 11.1 Å². The van der Waals surface area contributed by atoms with Crippen LogP contribution in [0.4, 0.5) is 0 Å². The number of nitrogens with two attached hydrogens (primary N) is 1. The summed E-state index contributed by atoms with van der Waals surface area (Å²) in [7, 11) is 0. The number of ketones is 1. The van der Waals surface area contributed by atoms with Gasteiger partial charge in [-0.2, -0.15) is 0 Å². The van der Waals surface area contributed by atoms with Gasteiger partial charge in [-0.3, -0.25) is 14.5 Å². The first-order chi connectivity index (χ1) is 16.1. The smallest absolute Gasteiger partial charge is 0.249 e. The third kappa shape index (κ3) is 3.63. The summed E-state index contributed by atoms with van der Waals surface area (Å²) >= 11 is 0. The van der Waals surface area contributed by atoms with Crippen LogP contribution in [-0.4, -0.2) is 48.6 Å². The Balaban J connectivity index is 1.64. The summed E-state index contributed by atoms with van der Waals surface area (Å²) in [6, 6.07) is 9.59. The van der Waals surface area contributed by atoms with Crippen molar-refractivity contribution in [1.29, 1.82) is 0 Å². The van der Waals surface area contributed by atoms with E-state index in [0.29, 0.717) is 24.2 Å². The summed E-state index contributed by atoms with van der Waals surface area (Å²) in [6.45, 7) is 2.81. The van der Waals surface area contributed by atoms with Crippen molar-refractivity contribution >= 4 is 17.3 Å². The van der Waals surface area contributed by atoms with E-state index in [4.69, 9.17) is 10.5 Å². The first kappa shape index (κ1) is 21.4. The molecule has 4 heterocycles. The van der Waals surface area contributed by atoms with Gasteiger partial charge >= 0.3 is 0 Å². The van der Waals surface area contributed by atoms with Crippen molar-refractivity contribution in [3.05, 3.63) is 89.9 Å². The van der Waals surface area contributed by atoms with E-state index in [1.807, 2.05) is 42.5 Å². The second-order valence-corrected chi connectivity index (χ2v) is 8.99. The highest BCUT2D eigenvalue weighted by molar-refractivity contribution is 6.17. The zero-order chi connectivity index (χ0) is 22.9. The standard InChI is InChI=1S/C26H28N4O3/c27-24(32)22-21(19-6-2-1-3-7-19)9-13-29-26(22,23(31)20-8-4-5-12-28-16-20)30-17-25(18-30)10-14-33-15-11-25/h1-9,12-13,16,28-29H,10-11,14-15,17-18H2,(H2,27,32). The number of nitrogens with zero attached hydrogens (tertiary/aromatic N) is 1. The molecule has 1 atom stereocenters. The summed E-state index contributed by atoms with van der Waals surface area (Å²) in [6.07, 6.45) is 14.3. The number of rotatable bonds is 5. The van der Waals surface area contributed by atoms with Gasteiger partial charge in [0.1, 0.15) is 0 Å². The van der Waals surface area contributed by atoms with E-state index in [1.54, 1.807) is 30.8 Å². The van der Waals surface area contributed by atoms with Crippen LogP contribution >= 0.6 is 0 Å². The number of nitrogens with one attached hydrogen (secondary N) is 2. The lowest BCUT2D eigenvalue weighted by Crippen LogP contribution is -2.75. The number of primary amides is 1. The molecule has 0 saturated carbocycles. The molecule has 1 unspecified atom stereocenters. The van der Waals surface area contributed by atoms with Gasteiger partial charge in [-0.05, 0) is 48.4 Å². The normalized spacial score (nSPS) is 26.1. The van der Waals surface area contributed by atoms with Gasteiger partial charge in [0.05, 0.1) is 5.57 Å². The molecule has 0 aliphatic carbocycles. The average molecular weight is 445 g/mol. The van der Waals surface area contributed by atoms with Gasteiger partial charge in [-0.25, -0.2) is 0 Å². The number of hydrogen-bond donors (Lipinski definition) is 3. The number of carbonyl (C=O) groups excluding carboxylic acids is 2. The summed E-state index contributed by atoms with van der Waals surface area (Å²) in [4.78, 5) is 29.3. The zero-order valence-corrected chi connectivity index (χ0v) is 18.4. The third-order valence-corrected chi connectivity index (χ3v) is 6.99. The monoisotopic (exact) mass is 444 g/mol. The minimum Gasteiger partial charge on any atom is -0.381 e. The van der Waals surface area contributed by atoms with Crippen molar-refractivity contribution < 1.29 is 14.3 Å². The SMILES string of the molecule is NC(=O)C1=C(c2ccccc2)C=CNC1(C(=O)C1=CNC=CC=C1)N1CC2(CCOCC2)C1. The van der Waals surface area contributed by atoms with Crippen LogP contribution in [-0.2, 0) is 14.3 Å². The van der Waals surface area contributed by atoms with E-state index in [9.17, 15) is 9.59 Å². The summed E-state index contributed by atoms with van der Waals surface area (Å²) in [5.41, 5.74) is 6.96. The molecular weight excluding hydrogens is 416 g/mol. The molecule has 7 heteroatoms. The lowest BCUT2D eigenvalue weighted by atomic mass is 9.69. The second kappa shape index (κ2) is 8.50. The molecule has 170 valence electrons. The van der Waals surface area contributed by atoms with E-state index in [1.165, 1.54) is 0 Å². The van der Waals surface area contributed by atoms with Gasteiger partial charge in [-0.15, -0.1) is 0 Å². The van der Waals surface area contributed by atoms with E-state index in [0.717, 1.165) is 31.6 Å². The van der Waals surface area contributed by atoms with Crippen molar-refractivity contribution in [3.63, 3.8) is 0 Å². The molecule has 7 nitrogen and oxygen atoms in total. The van der Waals surface area contributed by atoms with Crippen molar-refractivity contribution in [1.82, 2.24) is 15.5 Å². The lowest BCUT2D eigenvalue weighted by molar-refractivity contribution is -0.150. The number of hydrogen-bond acceptors (Lipinski definition) is 6. The van der Waals surface area contributed by atoms with Gasteiger partial charge in [0, 0.05) is 49.7 Å². The van der Waals surface area contributed by atoms with Crippen LogP contribution in [0, 0.1) is 5.41 Å². The number of amides is 1. The lowest BCUT2D eigenvalue weighted by Gasteiger charge is -2.59. The Bertz CT molecular complexity index is 1100. The molecule has 1 amide bonds. The molecule has 1 spiro atoms. The summed E-state index contributed by atoms with van der Waals surface area (Å²) in [5, 5.41) is 6.30. The first-order valence-corrected chi connectivity index (χ1v) is 11.3. The molecule has 0 radical (unpaired) electrons. The maximum absolute atomic E-state index is 14.2. The molecular formula is C26H28N4O3. The number of carbonyl (C=O) groups is 2. The molecule has 2 fully saturated rings. The number of allylic oxidation sites excluding steroid dienone is 5. The first-order valence-electron chi connectivity index (χ1n) is 11.3. The summed E-state index contributed by atoms with van der Waals surface area (Å²) < 4.78 is 5.57. The highest BCUT2D eigenvalue weighted by Crippen LogP contribution is 2.47. The average Bonchev–Trinajstić information content (AvgIpc) is 3.12. The number of likely N-dealkylation sites (tertiary alicyclic amines) is 1. The maximum Gasteiger partial charge on any atom is 0.249 e. The molecule has 5 rings (SSSR count). The van der Waals surface area contributed by atoms with E-state index in [2.05, 4.69) is 15.5 Å². The van der Waals surface area contributed by atoms with Gasteiger partial charge in [0.15, 0.2) is 5.66 Å². The van der Waals surface area contributed by atoms with Gasteiger partial charge in [0.25, 0.3) is 0 Å². The van der Waals surface area contributed by atoms with Crippen LogP contribution in [0.25, 0.3) is 5.57 Å². The topological polar surface area (TPSA) is 96.7 Å². The molecule has 4 N–H and O–H groups in total. The Labute approximate surface area is 193 Å². The molecule has 4 aliphatic rings. The molecule has 0 bridgehead atoms. The Morgan fingerprint density at radius 3 is 2.48 bits per heavy atom. The van der Waals surface area contributed by atoms with Gasteiger partial charge < -0.3 is 21.1 Å². The van der Waals surface area contributed by atoms with Crippen LogP contribution in [0.2, 0.25) is 0 Å². The fourth-order valence-electron chi connectivity index (χ4n) is 5.27. The molecule has 1 aromatic carbocycles. The quantitative estimate of drug-likeness (QED) is 0.643. The fourth-order valence-corrected chi connectivity index (χ4v) is 5.27. The Morgan fingerprint density at radius 1 is 1.00 bits per heavy atom. The molecule has 0 aromatic heterocycles. The predicted octanol–water partition coefficient (Wildman–Crippen LogP) is 1.98. The Kier molecular flexibility index (Phi) is 5.52. The van der Waals surface area contributed by atoms with Crippen LogP contribution < -0.4 is 16.4 Å². The summed E-state index contributed by atoms with van der Waals surface area (Å²) in [5.74, 6) is -0.834. The molecule has 4 aliphatic heterocycles. The highest BCUT2D eigenvalue weighted by Gasteiger charge is 2.59. The fraction of sp³-hybridized carbons (Fsp3) is 0.308. The number of benzene rings is 1. The minimum atomic E-state index is -1.39. The zero-order valence-electron chi connectivity index (χ0n) is 18.4. The minimum absolute atomic E-state index is 0.0948. The number of ether oxygens (including phenoxy) is 1. The second-order valence-electron chi connectivity index (χ2n) is 8.99. The van der Waals surface area contributed by atoms with Crippen molar-refractivity contribution in [2.45, 2.75) is 18.5 Å². The number of Topliss-reactive ketones (excluding diaryl/α,β-unsaturated/α-hetero) is 1. The van der Waals surface area contributed by atoms with Gasteiger partial charge in [-0.1, -0.05) is 36.4 Å². The van der Waals surface area contributed by atoms with E-state index >= 15 is 0 Å². The van der Waals surface area contributed by atoms with Crippen molar-refractivity contribution in [3.8, 4) is 0 Å². The van der Waals surface area contributed by atoms with Gasteiger partial charge in [0.2, 0.25) is 11.7 Å². The molecule has 1 aromatic rings. The highest BCUT2D eigenvalue weighted by atomic mass is 16.5. The van der Waals surface area contributed by atoms with E-state index in [-0.39, 0.29) is 16.8 Å². The Hall–Kier alpha value is -3.42. The predicted molar refractivity (Wildman–Crippen MR) is 126 cm³/mol. The third-order valence-electron chi connectivity index (χ3n) is 6.99. The molecule has 2 saturated heterocycles. The maximum atomic E-state index is 14.2. The molecule has 33 heavy (non-hydrogen) atoms. The van der Waals surface area contributed by atoms with Crippen LogP contribution in [0.3, 0.4) is 0 Å². The van der Waals surface area contributed by atoms with Crippen LogP contribution in [0.1, 0.15) is 18.4 Å². The van der Waals surface area contributed by atoms with Crippen LogP contribution in [0.5, 0.6) is 0 Å². The Morgan fingerprint density at radius 2 is 1.76 bits per heavy atom. The van der Waals surface area contributed by atoms with Crippen LogP contribution in [0.15, 0.2) is 84.4 Å².